The molecule has 1 aliphatic rings. The van der Waals surface area contributed by atoms with Gasteiger partial charge in [0.2, 0.25) is 0 Å². The third-order valence-electron chi connectivity index (χ3n) is 0.927. The van der Waals surface area contributed by atoms with Crippen LogP contribution in [0, 0.1) is 6.08 Å². The molecule has 1 radical (unpaired) electrons. The Hall–Kier alpha value is 0.180. The van der Waals surface area contributed by atoms with Crippen LogP contribution in [-0.4, -0.2) is 3.78 Å². The van der Waals surface area contributed by atoms with Gasteiger partial charge in [0.15, 0.2) is 0 Å². The third-order valence-corrected chi connectivity index (χ3v) is 1.68. The number of alkyl halides is 2. The average molecular weight is 210 g/mol. The lowest BCUT2D eigenvalue weighted by Crippen LogP contribution is -2.09. The molecular weight excluding hydrogens is 206 g/mol. The number of allylic oxidation sites excluding steroid dienone is 4. The van der Waals surface area contributed by atoms with Crippen LogP contribution in [-0.2, 0) is 0 Å². The highest BCUT2D eigenvalue weighted by Crippen LogP contribution is 2.33. The van der Waals surface area contributed by atoms with Gasteiger partial charge in [-0.15, -0.1) is 11.6 Å². The molecule has 0 N–H and O–H groups in total. The summed E-state index contributed by atoms with van der Waals surface area (Å²) in [5, 5.41) is 0. The summed E-state index contributed by atoms with van der Waals surface area (Å²) in [5.41, 5.74) is 0. The van der Waals surface area contributed by atoms with Crippen molar-refractivity contribution >= 4 is 27.5 Å². The van der Waals surface area contributed by atoms with E-state index in [2.05, 4.69) is 22.0 Å². The van der Waals surface area contributed by atoms with Crippen molar-refractivity contribution in [3.8, 4) is 0 Å². The Kier molecular flexibility index (Phi) is 1.97. The lowest BCUT2D eigenvalue weighted by Gasteiger charge is -2.14. The molecule has 1 aliphatic carbocycles. The average Bonchev–Trinajstić information content (AvgIpc) is 1.60. The summed E-state index contributed by atoms with van der Waals surface area (Å²) in [4.78, 5) is 0. The predicted octanol–water partition coefficient (Wildman–Crippen LogP) is 2.93. The van der Waals surface area contributed by atoms with E-state index in [1.54, 1.807) is 0 Å². The number of hydrogen-bond donors (Lipinski definition) is 0. The Bertz CT molecular complexity index is 172. The molecule has 49 valence electrons. The summed E-state index contributed by atoms with van der Waals surface area (Å²) < 4.78 is 11.6. The third kappa shape index (κ3) is 2.11. The van der Waals surface area contributed by atoms with Gasteiger partial charge in [0.1, 0.15) is 9.61 Å². The predicted molar refractivity (Wildman–Crippen MR) is 39.1 cm³/mol. The van der Waals surface area contributed by atoms with E-state index < -0.39 is 3.78 Å². The lowest BCUT2D eigenvalue weighted by molar-refractivity contribution is 0.648. The second kappa shape index (κ2) is 2.43. The molecule has 3 heteroatoms. The largest absolute Gasteiger partial charge is 0.207 e. The normalized spacial score (nSPS) is 34.3. The van der Waals surface area contributed by atoms with Gasteiger partial charge in [-0.05, 0) is 18.2 Å². The van der Waals surface area contributed by atoms with Crippen molar-refractivity contribution in [3.63, 3.8) is 0 Å². The van der Waals surface area contributed by atoms with E-state index in [1.165, 1.54) is 12.2 Å². The summed E-state index contributed by atoms with van der Waals surface area (Å²) in [6.07, 6.45) is 5.77. The molecule has 0 heterocycles. The standard InChI is InChI=1S/C6H4BrClF/c7-6(8)3-1-2-5(9)4-6/h2,4H,3H2. The van der Waals surface area contributed by atoms with Crippen molar-refractivity contribution in [2.45, 2.75) is 10.2 Å². The summed E-state index contributed by atoms with van der Waals surface area (Å²) >= 11 is 8.78. The van der Waals surface area contributed by atoms with Gasteiger partial charge in [0.05, 0.1) is 0 Å². The van der Waals surface area contributed by atoms with E-state index in [1.807, 2.05) is 0 Å². The summed E-state index contributed by atoms with van der Waals surface area (Å²) in [6, 6.07) is 0. The van der Waals surface area contributed by atoms with Gasteiger partial charge < -0.3 is 0 Å². The van der Waals surface area contributed by atoms with E-state index in [0.29, 0.717) is 6.42 Å². The van der Waals surface area contributed by atoms with E-state index in [9.17, 15) is 4.39 Å². The molecule has 0 amide bonds. The van der Waals surface area contributed by atoms with Crippen molar-refractivity contribution in [3.05, 3.63) is 24.1 Å². The van der Waals surface area contributed by atoms with E-state index in [0.717, 1.165) is 0 Å². The fraction of sp³-hybridized carbons (Fsp3) is 0.333. The maximum absolute atomic E-state index is 12.3. The van der Waals surface area contributed by atoms with E-state index in [4.69, 9.17) is 11.6 Å². The molecule has 0 aliphatic heterocycles. The van der Waals surface area contributed by atoms with E-state index in [-0.39, 0.29) is 5.83 Å². The fourth-order valence-corrected chi connectivity index (χ4v) is 1.14. The smallest absolute Gasteiger partial charge is 0.124 e. The SMILES string of the molecule is FC1=CC(Cl)(Br)C[C]=C1. The first-order chi connectivity index (χ1) is 4.10. The molecule has 0 saturated carbocycles. The summed E-state index contributed by atoms with van der Waals surface area (Å²) in [5.74, 6) is -0.340. The van der Waals surface area contributed by atoms with Crippen molar-refractivity contribution in [2.24, 2.45) is 0 Å². The first-order valence-electron chi connectivity index (χ1n) is 2.43. The monoisotopic (exact) mass is 209 g/mol. The zero-order chi connectivity index (χ0) is 6.91. The van der Waals surface area contributed by atoms with Crippen molar-refractivity contribution < 1.29 is 4.39 Å². The van der Waals surface area contributed by atoms with Crippen LogP contribution >= 0.6 is 27.5 Å². The van der Waals surface area contributed by atoms with Crippen LogP contribution in [0.3, 0.4) is 0 Å². The summed E-state index contributed by atoms with van der Waals surface area (Å²) in [7, 11) is 0. The molecule has 0 fully saturated rings. The van der Waals surface area contributed by atoms with Gasteiger partial charge in [-0.2, -0.15) is 0 Å². The highest BCUT2D eigenvalue weighted by molar-refractivity contribution is 9.10. The zero-order valence-corrected chi connectivity index (χ0v) is 6.84. The van der Waals surface area contributed by atoms with Crippen molar-refractivity contribution in [1.29, 1.82) is 0 Å². The Morgan fingerprint density at radius 3 is 2.89 bits per heavy atom. The lowest BCUT2D eigenvalue weighted by atomic mass is 10.2. The first kappa shape index (κ1) is 7.29. The van der Waals surface area contributed by atoms with Crippen LogP contribution in [0.4, 0.5) is 4.39 Å². The summed E-state index contributed by atoms with van der Waals surface area (Å²) in [6.45, 7) is 0. The highest BCUT2D eigenvalue weighted by atomic mass is 79.9. The Balaban J connectivity index is 2.78. The van der Waals surface area contributed by atoms with Crippen LogP contribution in [0.15, 0.2) is 18.0 Å². The maximum Gasteiger partial charge on any atom is 0.124 e. The Morgan fingerprint density at radius 1 is 1.89 bits per heavy atom. The minimum atomic E-state index is -0.744. The molecule has 0 aromatic heterocycles. The molecule has 1 atom stereocenters. The van der Waals surface area contributed by atoms with Gasteiger partial charge in [-0.3, -0.25) is 0 Å². The quantitative estimate of drug-likeness (QED) is 0.539. The Morgan fingerprint density at radius 2 is 2.56 bits per heavy atom. The highest BCUT2D eigenvalue weighted by Gasteiger charge is 2.21. The second-order valence-electron chi connectivity index (χ2n) is 1.82. The topological polar surface area (TPSA) is 0 Å². The first-order valence-corrected chi connectivity index (χ1v) is 3.60. The van der Waals surface area contributed by atoms with E-state index >= 15 is 0 Å². The second-order valence-corrected chi connectivity index (χ2v) is 4.36. The van der Waals surface area contributed by atoms with Crippen molar-refractivity contribution in [1.82, 2.24) is 0 Å². The molecular formula is C6H4BrClF. The van der Waals surface area contributed by atoms with Crippen LogP contribution in [0.5, 0.6) is 0 Å². The van der Waals surface area contributed by atoms with Crippen LogP contribution in [0.25, 0.3) is 0 Å². The number of hydrogen-bond acceptors (Lipinski definition) is 0. The van der Waals surface area contributed by atoms with Crippen LogP contribution in [0.2, 0.25) is 0 Å². The van der Waals surface area contributed by atoms with Gasteiger partial charge in [0.25, 0.3) is 0 Å². The number of halogens is 3. The van der Waals surface area contributed by atoms with Crippen LogP contribution < -0.4 is 0 Å². The molecule has 1 rings (SSSR count). The minimum Gasteiger partial charge on any atom is -0.207 e. The fourth-order valence-electron chi connectivity index (χ4n) is 0.579. The molecule has 0 saturated heterocycles. The number of rotatable bonds is 0. The molecule has 0 aromatic rings. The Labute approximate surface area is 66.5 Å². The minimum absolute atomic E-state index is 0.340. The molecule has 0 spiro atoms. The molecule has 0 bridgehead atoms. The van der Waals surface area contributed by atoms with Gasteiger partial charge in [0, 0.05) is 6.42 Å². The molecule has 9 heavy (non-hydrogen) atoms. The molecule has 1 unspecified atom stereocenters. The molecule has 0 aromatic carbocycles. The van der Waals surface area contributed by atoms with Crippen LogP contribution in [0.1, 0.15) is 6.42 Å². The maximum atomic E-state index is 12.3. The zero-order valence-electron chi connectivity index (χ0n) is 4.50. The van der Waals surface area contributed by atoms with Gasteiger partial charge in [-0.25, -0.2) is 4.39 Å². The van der Waals surface area contributed by atoms with Crippen molar-refractivity contribution in [2.75, 3.05) is 0 Å². The van der Waals surface area contributed by atoms with Gasteiger partial charge in [-0.1, -0.05) is 15.9 Å². The van der Waals surface area contributed by atoms with Gasteiger partial charge >= 0.3 is 0 Å². The molecule has 0 nitrogen and oxygen atoms in total.